The van der Waals surface area contributed by atoms with Crippen molar-refractivity contribution < 1.29 is 24.2 Å². The van der Waals surface area contributed by atoms with Gasteiger partial charge in [-0.05, 0) is 13.8 Å². The Labute approximate surface area is 124 Å². The number of carboxylic acid groups (broad SMARTS) is 1. The Balaban J connectivity index is 2.62. The van der Waals surface area contributed by atoms with E-state index in [1.807, 2.05) is 13.8 Å². The van der Waals surface area contributed by atoms with Gasteiger partial charge in [0.1, 0.15) is 6.54 Å². The number of carbonyl (C=O) groups is 3. The molecule has 0 spiro atoms. The molecule has 0 radical (unpaired) electrons. The summed E-state index contributed by atoms with van der Waals surface area (Å²) >= 11 is 0. The third-order valence-electron chi connectivity index (χ3n) is 3.61. The molecule has 1 fully saturated rings. The minimum Gasteiger partial charge on any atom is -0.479 e. The molecule has 21 heavy (non-hydrogen) atoms. The van der Waals surface area contributed by atoms with Crippen molar-refractivity contribution in [2.24, 2.45) is 0 Å². The molecule has 1 aliphatic rings. The molecule has 120 valence electrons. The van der Waals surface area contributed by atoms with Crippen molar-refractivity contribution in [1.29, 1.82) is 0 Å². The Hall–Kier alpha value is -1.83. The molecule has 1 saturated heterocycles. The highest BCUT2D eigenvalue weighted by molar-refractivity contribution is 5.89. The molecular weight excluding hydrogens is 278 g/mol. The lowest BCUT2D eigenvalue weighted by molar-refractivity contribution is -0.144. The summed E-state index contributed by atoms with van der Waals surface area (Å²) in [6.45, 7) is 4.98. The van der Waals surface area contributed by atoms with Gasteiger partial charge in [-0.3, -0.25) is 4.79 Å². The van der Waals surface area contributed by atoms with Gasteiger partial charge in [-0.15, -0.1) is 0 Å². The van der Waals surface area contributed by atoms with Crippen LogP contribution in [0.4, 0.5) is 4.79 Å². The zero-order valence-electron chi connectivity index (χ0n) is 12.7. The van der Waals surface area contributed by atoms with E-state index in [1.54, 1.807) is 4.90 Å². The second-order valence-corrected chi connectivity index (χ2v) is 5.04. The predicted molar refractivity (Wildman–Crippen MR) is 74.9 cm³/mol. The molecule has 0 aromatic heterocycles. The summed E-state index contributed by atoms with van der Waals surface area (Å²) in [5.41, 5.74) is -1.40. The van der Waals surface area contributed by atoms with Gasteiger partial charge in [0.05, 0.1) is 6.61 Å². The van der Waals surface area contributed by atoms with Crippen molar-refractivity contribution in [1.82, 2.24) is 15.1 Å². The number of aliphatic carboxylic acids is 1. The first-order valence-corrected chi connectivity index (χ1v) is 6.98. The molecule has 1 rings (SSSR count). The van der Waals surface area contributed by atoms with E-state index in [2.05, 4.69) is 5.32 Å². The van der Waals surface area contributed by atoms with Crippen LogP contribution in [0.3, 0.4) is 0 Å². The molecule has 3 amide bonds. The number of nitrogens with zero attached hydrogens (tertiary/aromatic N) is 2. The number of urea groups is 1. The van der Waals surface area contributed by atoms with Gasteiger partial charge >= 0.3 is 12.0 Å². The van der Waals surface area contributed by atoms with E-state index in [1.165, 1.54) is 11.9 Å². The lowest BCUT2D eigenvalue weighted by Crippen LogP contribution is -2.58. The summed E-state index contributed by atoms with van der Waals surface area (Å²) < 4.78 is 5.07. The second kappa shape index (κ2) is 7.26. The van der Waals surface area contributed by atoms with E-state index >= 15 is 0 Å². The van der Waals surface area contributed by atoms with E-state index in [0.29, 0.717) is 13.1 Å². The Bertz CT molecular complexity index is 403. The van der Waals surface area contributed by atoms with Crippen LogP contribution in [0.2, 0.25) is 0 Å². The smallest absolute Gasteiger partial charge is 0.332 e. The third-order valence-corrected chi connectivity index (χ3v) is 3.61. The number of carbonyl (C=O) groups excluding carboxylic acids is 2. The maximum Gasteiger partial charge on any atom is 0.332 e. The van der Waals surface area contributed by atoms with E-state index in [9.17, 15) is 19.5 Å². The summed E-state index contributed by atoms with van der Waals surface area (Å²) in [7, 11) is 1.46. The van der Waals surface area contributed by atoms with E-state index in [0.717, 1.165) is 0 Å². The number of rotatable bonds is 6. The summed E-state index contributed by atoms with van der Waals surface area (Å²) in [5, 5.41) is 11.7. The molecule has 0 bridgehead atoms. The number of amides is 3. The van der Waals surface area contributed by atoms with Crippen LogP contribution in [0.5, 0.6) is 0 Å². The van der Waals surface area contributed by atoms with Crippen LogP contribution in [-0.2, 0) is 14.3 Å². The van der Waals surface area contributed by atoms with Crippen molar-refractivity contribution >= 4 is 17.9 Å². The predicted octanol–water partition coefficient (Wildman–Crippen LogP) is -0.260. The Morgan fingerprint density at radius 1 is 1.29 bits per heavy atom. The molecule has 1 atom stereocenters. The van der Waals surface area contributed by atoms with Crippen LogP contribution in [0.25, 0.3) is 0 Å². The van der Waals surface area contributed by atoms with Gasteiger partial charge in [0.2, 0.25) is 5.91 Å². The topological polar surface area (TPSA) is 99.2 Å². The Morgan fingerprint density at radius 3 is 2.33 bits per heavy atom. The molecule has 0 aliphatic carbocycles. The zero-order chi connectivity index (χ0) is 16.0. The molecule has 1 heterocycles. The number of nitrogens with one attached hydrogen (secondary N) is 1. The maximum absolute atomic E-state index is 12.1. The largest absolute Gasteiger partial charge is 0.479 e. The fraction of sp³-hybridized carbons (Fsp3) is 0.769. The van der Waals surface area contributed by atoms with E-state index in [4.69, 9.17) is 4.74 Å². The number of likely N-dealkylation sites (N-methyl/N-ethyl adjacent to an activating group) is 2. The number of ether oxygens (including phenoxy) is 1. The van der Waals surface area contributed by atoms with E-state index < -0.39 is 17.5 Å². The minimum atomic E-state index is -1.40. The average molecular weight is 301 g/mol. The maximum atomic E-state index is 12.1. The van der Waals surface area contributed by atoms with Gasteiger partial charge in [0.15, 0.2) is 5.54 Å². The van der Waals surface area contributed by atoms with Crippen LogP contribution in [0.15, 0.2) is 0 Å². The van der Waals surface area contributed by atoms with Crippen LogP contribution in [0, 0.1) is 0 Å². The second-order valence-electron chi connectivity index (χ2n) is 5.04. The van der Waals surface area contributed by atoms with Crippen molar-refractivity contribution in [2.45, 2.75) is 25.8 Å². The van der Waals surface area contributed by atoms with Crippen LogP contribution in [-0.4, -0.2) is 78.2 Å². The SMILES string of the molecule is CCN(CC)C(=O)CN(C)C(=O)NC1(C(=O)O)CCOC1. The molecule has 8 nitrogen and oxygen atoms in total. The fourth-order valence-electron chi connectivity index (χ4n) is 2.14. The van der Waals surface area contributed by atoms with Gasteiger partial charge in [0.25, 0.3) is 0 Å². The summed E-state index contributed by atoms with van der Waals surface area (Å²) in [5.74, 6) is -1.30. The molecule has 2 N–H and O–H groups in total. The molecule has 0 aromatic rings. The number of carboxylic acids is 1. The molecule has 1 unspecified atom stereocenters. The van der Waals surface area contributed by atoms with Gasteiger partial charge in [-0.2, -0.15) is 0 Å². The van der Waals surface area contributed by atoms with Crippen LogP contribution >= 0.6 is 0 Å². The van der Waals surface area contributed by atoms with Crippen molar-refractivity contribution in [2.75, 3.05) is 39.9 Å². The van der Waals surface area contributed by atoms with Gasteiger partial charge in [-0.25, -0.2) is 9.59 Å². The quantitative estimate of drug-likeness (QED) is 0.704. The lowest BCUT2D eigenvalue weighted by atomic mass is 9.99. The van der Waals surface area contributed by atoms with Crippen molar-refractivity contribution in [3.05, 3.63) is 0 Å². The molecule has 8 heteroatoms. The number of hydrogen-bond donors (Lipinski definition) is 2. The minimum absolute atomic E-state index is 0.0636. The summed E-state index contributed by atoms with van der Waals surface area (Å²) in [6, 6.07) is -0.594. The monoisotopic (exact) mass is 301 g/mol. The highest BCUT2D eigenvalue weighted by Crippen LogP contribution is 2.19. The summed E-state index contributed by atoms with van der Waals surface area (Å²) in [4.78, 5) is 38.1. The van der Waals surface area contributed by atoms with E-state index in [-0.39, 0.29) is 32.1 Å². The molecule has 0 aromatic carbocycles. The standard InChI is InChI=1S/C13H23N3O5/c1-4-16(5-2)10(17)8-15(3)12(20)14-13(11(18)19)6-7-21-9-13/h4-9H2,1-3H3,(H,14,20)(H,18,19). The molecule has 0 saturated carbocycles. The zero-order valence-corrected chi connectivity index (χ0v) is 12.7. The normalized spacial score (nSPS) is 20.9. The summed E-state index contributed by atoms with van der Waals surface area (Å²) in [6.07, 6.45) is 0.214. The van der Waals surface area contributed by atoms with Gasteiger partial charge < -0.3 is 25.0 Å². The van der Waals surface area contributed by atoms with Gasteiger partial charge in [0, 0.05) is 33.2 Å². The number of hydrogen-bond acceptors (Lipinski definition) is 4. The Morgan fingerprint density at radius 2 is 1.90 bits per heavy atom. The van der Waals surface area contributed by atoms with Crippen molar-refractivity contribution in [3.63, 3.8) is 0 Å². The van der Waals surface area contributed by atoms with Crippen LogP contribution in [0.1, 0.15) is 20.3 Å². The highest BCUT2D eigenvalue weighted by Gasteiger charge is 2.44. The average Bonchev–Trinajstić information content (AvgIpc) is 2.89. The highest BCUT2D eigenvalue weighted by atomic mass is 16.5. The van der Waals surface area contributed by atoms with Crippen molar-refractivity contribution in [3.8, 4) is 0 Å². The molecular formula is C13H23N3O5. The van der Waals surface area contributed by atoms with Crippen LogP contribution < -0.4 is 5.32 Å². The fourth-order valence-corrected chi connectivity index (χ4v) is 2.14. The molecule has 1 aliphatic heterocycles. The Kier molecular flexibility index (Phi) is 5.95. The third kappa shape index (κ3) is 4.07. The lowest BCUT2D eigenvalue weighted by Gasteiger charge is -2.28. The first kappa shape index (κ1) is 17.2. The first-order valence-electron chi connectivity index (χ1n) is 6.98. The first-order chi connectivity index (χ1) is 9.86. The van der Waals surface area contributed by atoms with Gasteiger partial charge in [-0.1, -0.05) is 0 Å².